The van der Waals surface area contributed by atoms with Crippen molar-refractivity contribution in [2.45, 2.75) is 50.2 Å². The van der Waals surface area contributed by atoms with Gasteiger partial charge in [0, 0.05) is 20.0 Å². The van der Waals surface area contributed by atoms with Crippen LogP contribution in [0, 0.1) is 0 Å². The number of amides is 1. The maximum atomic E-state index is 13.2. The van der Waals surface area contributed by atoms with Crippen LogP contribution in [0.25, 0.3) is 0 Å². The minimum Gasteiger partial charge on any atom is -0.484 e. The number of sulfonamides is 1. The summed E-state index contributed by atoms with van der Waals surface area (Å²) in [6, 6.07) is 4.77. The third-order valence-electron chi connectivity index (χ3n) is 5.41. The van der Waals surface area contributed by atoms with Crippen LogP contribution in [0.3, 0.4) is 0 Å². The second-order valence-corrected chi connectivity index (χ2v) is 10.1. The Kier molecular flexibility index (Phi) is 5.26. The van der Waals surface area contributed by atoms with Crippen LogP contribution in [0.5, 0.6) is 5.75 Å². The Morgan fingerprint density at radius 2 is 1.89 bits per heavy atom. The molecule has 2 heterocycles. The number of carbonyl (C=O) groups excluding carboxylic acids is 1. The summed E-state index contributed by atoms with van der Waals surface area (Å²) in [7, 11) is 0.0475. The fourth-order valence-corrected chi connectivity index (χ4v) is 5.19. The molecular weight excluding hydrogens is 366 g/mol. The van der Waals surface area contributed by atoms with Gasteiger partial charge < -0.3 is 14.5 Å². The molecular formula is C19H29N3O4S. The zero-order valence-electron chi connectivity index (χ0n) is 16.7. The highest BCUT2D eigenvalue weighted by Crippen LogP contribution is 2.39. The Hall–Kier alpha value is -1.64. The molecule has 0 unspecified atom stereocenters. The van der Waals surface area contributed by atoms with Crippen molar-refractivity contribution in [3.63, 3.8) is 0 Å². The van der Waals surface area contributed by atoms with Gasteiger partial charge in [0.05, 0.1) is 17.1 Å². The van der Waals surface area contributed by atoms with Gasteiger partial charge in [0.15, 0.2) is 0 Å². The Balaban J connectivity index is 1.93. The smallest absolute Gasteiger partial charge is 0.243 e. The van der Waals surface area contributed by atoms with Gasteiger partial charge >= 0.3 is 0 Å². The highest BCUT2D eigenvalue weighted by atomic mass is 32.2. The molecule has 0 radical (unpaired) electrons. The average molecular weight is 396 g/mol. The normalized spacial score (nSPS) is 21.0. The summed E-state index contributed by atoms with van der Waals surface area (Å²) >= 11 is 0. The summed E-state index contributed by atoms with van der Waals surface area (Å²) in [6.07, 6.45) is 1.63. The van der Waals surface area contributed by atoms with E-state index >= 15 is 0 Å². The van der Waals surface area contributed by atoms with Crippen molar-refractivity contribution < 1.29 is 17.9 Å². The predicted molar refractivity (Wildman–Crippen MR) is 105 cm³/mol. The molecule has 0 spiro atoms. The summed E-state index contributed by atoms with van der Waals surface area (Å²) < 4.78 is 33.8. The van der Waals surface area contributed by atoms with Gasteiger partial charge in [0.25, 0.3) is 0 Å². The van der Waals surface area contributed by atoms with Gasteiger partial charge in [-0.2, -0.15) is 4.31 Å². The number of hydrogen-bond donors (Lipinski definition) is 0. The van der Waals surface area contributed by atoms with E-state index in [-0.39, 0.29) is 16.8 Å². The third kappa shape index (κ3) is 3.97. The fraction of sp³-hybridized carbons (Fsp3) is 0.632. The lowest BCUT2D eigenvalue weighted by atomic mass is 10.1. The van der Waals surface area contributed by atoms with Crippen LogP contribution in [0.2, 0.25) is 0 Å². The third-order valence-corrected chi connectivity index (χ3v) is 7.31. The first-order chi connectivity index (χ1) is 12.5. The lowest BCUT2D eigenvalue weighted by molar-refractivity contribution is -0.117. The van der Waals surface area contributed by atoms with E-state index in [9.17, 15) is 13.2 Å². The van der Waals surface area contributed by atoms with E-state index < -0.39 is 15.6 Å². The van der Waals surface area contributed by atoms with Crippen LogP contribution in [-0.2, 0) is 14.8 Å². The van der Waals surface area contributed by atoms with Crippen molar-refractivity contribution in [2.24, 2.45) is 0 Å². The molecule has 7 nitrogen and oxygen atoms in total. The number of nitrogens with zero attached hydrogens (tertiary/aromatic N) is 3. The second-order valence-electron chi connectivity index (χ2n) is 8.15. The summed E-state index contributed by atoms with van der Waals surface area (Å²) in [6.45, 7) is 7.45. The van der Waals surface area contributed by atoms with Crippen molar-refractivity contribution in [3.8, 4) is 5.75 Å². The molecule has 1 amide bonds. The summed E-state index contributed by atoms with van der Waals surface area (Å²) in [4.78, 5) is 16.1. The highest BCUT2D eigenvalue weighted by molar-refractivity contribution is 7.89. The van der Waals surface area contributed by atoms with Gasteiger partial charge in [-0.1, -0.05) is 0 Å². The second kappa shape index (κ2) is 7.07. The molecule has 27 heavy (non-hydrogen) atoms. The van der Waals surface area contributed by atoms with Crippen molar-refractivity contribution in [3.05, 3.63) is 18.2 Å². The zero-order chi connectivity index (χ0) is 20.0. The molecule has 0 saturated carbocycles. The number of likely N-dealkylation sites (tertiary alicyclic amines) is 1. The van der Waals surface area contributed by atoms with E-state index in [4.69, 9.17) is 4.74 Å². The van der Waals surface area contributed by atoms with Crippen molar-refractivity contribution in [1.29, 1.82) is 0 Å². The Morgan fingerprint density at radius 1 is 1.26 bits per heavy atom. The number of ether oxygens (including phenoxy) is 1. The molecule has 1 fully saturated rings. The lowest BCUT2D eigenvalue weighted by Crippen LogP contribution is -2.49. The molecule has 0 aromatic heterocycles. The van der Waals surface area contributed by atoms with E-state index in [1.807, 2.05) is 20.9 Å². The molecule has 0 atom stereocenters. The average Bonchev–Trinajstić information content (AvgIpc) is 2.59. The SMILES string of the molecule is CC(=O)N1CC(C)(C)Oc2ccc(S(=O)(=O)N(C)C3CCN(C)CC3)cc21. The number of anilines is 1. The van der Waals surface area contributed by atoms with Crippen LogP contribution in [0.15, 0.2) is 23.1 Å². The first kappa shape index (κ1) is 20.1. The first-order valence-corrected chi connectivity index (χ1v) is 10.7. The summed E-state index contributed by atoms with van der Waals surface area (Å²) in [5.74, 6) is 0.396. The molecule has 2 aliphatic heterocycles. The largest absolute Gasteiger partial charge is 0.484 e. The van der Waals surface area contributed by atoms with E-state index in [1.165, 1.54) is 11.2 Å². The van der Waals surface area contributed by atoms with Gasteiger partial charge in [-0.3, -0.25) is 4.79 Å². The molecule has 3 rings (SSSR count). The molecule has 1 aromatic carbocycles. The summed E-state index contributed by atoms with van der Waals surface area (Å²) in [5, 5.41) is 0. The molecule has 0 bridgehead atoms. The Bertz CT molecular complexity index is 829. The monoisotopic (exact) mass is 395 g/mol. The Labute approximate surface area is 161 Å². The van der Waals surface area contributed by atoms with Crippen LogP contribution in [0.4, 0.5) is 5.69 Å². The molecule has 2 aliphatic rings. The van der Waals surface area contributed by atoms with Crippen molar-refractivity contribution in [1.82, 2.24) is 9.21 Å². The molecule has 0 N–H and O–H groups in total. The van der Waals surface area contributed by atoms with Gasteiger partial charge in [-0.05, 0) is 65.0 Å². The maximum Gasteiger partial charge on any atom is 0.243 e. The minimum absolute atomic E-state index is 0.0127. The molecule has 1 aromatic rings. The van der Waals surface area contributed by atoms with E-state index in [0.29, 0.717) is 18.0 Å². The molecule has 1 saturated heterocycles. The Morgan fingerprint density at radius 3 is 2.48 bits per heavy atom. The number of benzene rings is 1. The number of carbonyl (C=O) groups is 1. The molecule has 0 aliphatic carbocycles. The van der Waals surface area contributed by atoms with Gasteiger partial charge in [-0.15, -0.1) is 0 Å². The lowest BCUT2D eigenvalue weighted by Gasteiger charge is -2.39. The van der Waals surface area contributed by atoms with Gasteiger partial charge in [0.1, 0.15) is 11.4 Å². The predicted octanol–water partition coefficient (Wildman–Crippen LogP) is 1.93. The molecule has 8 heteroatoms. The fourth-order valence-electron chi connectivity index (χ4n) is 3.75. The highest BCUT2D eigenvalue weighted by Gasteiger charge is 2.36. The minimum atomic E-state index is -3.65. The quantitative estimate of drug-likeness (QED) is 0.782. The van der Waals surface area contributed by atoms with E-state index in [0.717, 1.165) is 25.9 Å². The van der Waals surface area contributed by atoms with Crippen LogP contribution in [0.1, 0.15) is 33.6 Å². The molecule has 150 valence electrons. The van der Waals surface area contributed by atoms with Gasteiger partial charge in [0.2, 0.25) is 15.9 Å². The van der Waals surface area contributed by atoms with E-state index in [1.54, 1.807) is 30.1 Å². The van der Waals surface area contributed by atoms with Crippen LogP contribution >= 0.6 is 0 Å². The van der Waals surface area contributed by atoms with Crippen LogP contribution < -0.4 is 9.64 Å². The first-order valence-electron chi connectivity index (χ1n) is 9.29. The van der Waals surface area contributed by atoms with Gasteiger partial charge in [-0.25, -0.2) is 8.42 Å². The summed E-state index contributed by atoms with van der Waals surface area (Å²) in [5.41, 5.74) is -0.0102. The number of fused-ring (bicyclic) bond motifs is 1. The zero-order valence-corrected chi connectivity index (χ0v) is 17.5. The van der Waals surface area contributed by atoms with Crippen molar-refractivity contribution in [2.75, 3.05) is 38.6 Å². The standard InChI is InChI=1S/C19H29N3O4S/c1-14(23)22-13-19(2,3)26-18-7-6-16(12-17(18)22)27(24,25)21(5)15-8-10-20(4)11-9-15/h6-7,12,15H,8-11,13H2,1-5H3. The number of rotatable bonds is 3. The van der Waals surface area contributed by atoms with Crippen molar-refractivity contribution >= 4 is 21.6 Å². The number of hydrogen-bond acceptors (Lipinski definition) is 5. The van der Waals surface area contributed by atoms with E-state index in [2.05, 4.69) is 4.90 Å². The van der Waals surface area contributed by atoms with Crippen LogP contribution in [-0.4, -0.2) is 68.9 Å². The number of piperidine rings is 1. The topological polar surface area (TPSA) is 70.2 Å². The maximum absolute atomic E-state index is 13.2.